The summed E-state index contributed by atoms with van der Waals surface area (Å²) in [6, 6.07) is 7.42. The molecule has 1 aliphatic heterocycles. The number of hydrogen-bond donors (Lipinski definition) is 3. The molecule has 6 heteroatoms. The molecule has 1 aromatic carbocycles. The van der Waals surface area contributed by atoms with Crippen molar-refractivity contribution in [1.82, 2.24) is 5.32 Å². The van der Waals surface area contributed by atoms with Gasteiger partial charge in [-0.05, 0) is 74.9 Å². The average Bonchev–Trinajstić information content (AvgIpc) is 3.46. The van der Waals surface area contributed by atoms with Crippen LogP contribution in [0.15, 0.2) is 24.3 Å². The summed E-state index contributed by atoms with van der Waals surface area (Å²) in [6.07, 6.45) is 5.24. The summed E-state index contributed by atoms with van der Waals surface area (Å²) in [6.45, 7) is 2.05. The molecule has 4 rings (SSSR count). The Hall–Kier alpha value is -1.59. The molecule has 2 aliphatic carbocycles. The molecule has 5 nitrogen and oxygen atoms in total. The lowest BCUT2D eigenvalue weighted by Gasteiger charge is -2.23. The van der Waals surface area contributed by atoms with E-state index in [9.17, 15) is 9.59 Å². The number of carbonyl (C=O) groups is 2. The smallest absolute Gasteiger partial charge is 0.228 e. The van der Waals surface area contributed by atoms with Gasteiger partial charge in [0.05, 0.1) is 0 Å². The zero-order valence-corrected chi connectivity index (χ0v) is 14.5. The van der Waals surface area contributed by atoms with Crippen molar-refractivity contribution in [3.63, 3.8) is 0 Å². The highest BCUT2D eigenvalue weighted by molar-refractivity contribution is 5.96. The molecule has 3 fully saturated rings. The zero-order chi connectivity index (χ0) is 15.9. The Morgan fingerprint density at radius 1 is 0.958 bits per heavy atom. The van der Waals surface area contributed by atoms with Crippen molar-refractivity contribution >= 4 is 35.6 Å². The molecule has 1 aromatic rings. The van der Waals surface area contributed by atoms with Crippen LogP contribution in [0.25, 0.3) is 0 Å². The van der Waals surface area contributed by atoms with Gasteiger partial charge in [-0.25, -0.2) is 0 Å². The third kappa shape index (κ3) is 3.57. The Bertz CT molecular complexity index is 622. The van der Waals surface area contributed by atoms with Crippen LogP contribution in [0.2, 0.25) is 0 Å². The van der Waals surface area contributed by atoms with E-state index in [-0.39, 0.29) is 41.5 Å². The van der Waals surface area contributed by atoms with Crippen LogP contribution in [0.3, 0.4) is 0 Å². The molecule has 1 atom stereocenters. The lowest BCUT2D eigenvalue weighted by atomic mass is 9.92. The summed E-state index contributed by atoms with van der Waals surface area (Å²) in [5, 5.41) is 9.28. The Morgan fingerprint density at radius 3 is 2.04 bits per heavy atom. The summed E-state index contributed by atoms with van der Waals surface area (Å²) >= 11 is 0. The summed E-state index contributed by atoms with van der Waals surface area (Å²) in [4.78, 5) is 24.1. The number of hydrogen-bond acceptors (Lipinski definition) is 3. The van der Waals surface area contributed by atoms with Crippen LogP contribution in [0.4, 0.5) is 11.4 Å². The minimum absolute atomic E-state index is 0. The standard InChI is InChI=1S/C18H23N3O2.ClH/c22-16(12-1-2-12)20-13-3-5-14(6-4-13)21-17(23)15-11-18(15)7-9-19-10-8-18;/h3-6,12,15,19H,1-2,7-11H2,(H,20,22)(H,21,23);1H. The Kier molecular flexibility index (Phi) is 4.83. The Balaban J connectivity index is 0.00000169. The molecule has 2 amide bonds. The van der Waals surface area contributed by atoms with Gasteiger partial charge in [0.2, 0.25) is 11.8 Å². The predicted molar refractivity (Wildman–Crippen MR) is 96.3 cm³/mol. The normalized spacial score (nSPS) is 23.9. The molecule has 130 valence electrons. The fourth-order valence-corrected chi connectivity index (χ4v) is 3.65. The lowest BCUT2D eigenvalue weighted by Crippen LogP contribution is -2.31. The molecular weight excluding hydrogens is 326 g/mol. The van der Waals surface area contributed by atoms with E-state index in [1.807, 2.05) is 24.3 Å². The molecule has 1 saturated heterocycles. The number of anilines is 2. The van der Waals surface area contributed by atoms with E-state index in [1.54, 1.807) is 0 Å². The molecule has 1 unspecified atom stereocenters. The SMILES string of the molecule is Cl.O=C(Nc1ccc(NC(=O)C2CC23CCNCC3)cc1)C1CC1. The first-order valence-corrected chi connectivity index (χ1v) is 8.59. The average molecular weight is 350 g/mol. The van der Waals surface area contributed by atoms with Gasteiger partial charge in [0, 0.05) is 23.2 Å². The van der Waals surface area contributed by atoms with Crippen LogP contribution in [-0.2, 0) is 9.59 Å². The summed E-state index contributed by atoms with van der Waals surface area (Å²) in [5.74, 6) is 0.610. The van der Waals surface area contributed by atoms with Gasteiger partial charge in [0.15, 0.2) is 0 Å². The fraction of sp³-hybridized carbons (Fsp3) is 0.556. The highest BCUT2D eigenvalue weighted by atomic mass is 35.5. The topological polar surface area (TPSA) is 70.2 Å². The maximum absolute atomic E-state index is 12.4. The van der Waals surface area contributed by atoms with Gasteiger partial charge in [-0.1, -0.05) is 0 Å². The predicted octanol–water partition coefficient (Wildman–Crippen LogP) is 2.79. The number of piperidine rings is 1. The second kappa shape index (κ2) is 6.73. The third-order valence-corrected chi connectivity index (χ3v) is 5.47. The van der Waals surface area contributed by atoms with Gasteiger partial charge in [-0.2, -0.15) is 0 Å². The lowest BCUT2D eigenvalue weighted by molar-refractivity contribution is -0.118. The molecule has 1 heterocycles. The highest BCUT2D eigenvalue weighted by Crippen LogP contribution is 2.58. The van der Waals surface area contributed by atoms with Crippen LogP contribution in [0, 0.1) is 17.3 Å². The van der Waals surface area contributed by atoms with Gasteiger partial charge in [0.1, 0.15) is 0 Å². The van der Waals surface area contributed by atoms with Crippen molar-refractivity contribution in [2.45, 2.75) is 32.1 Å². The van der Waals surface area contributed by atoms with E-state index in [1.165, 1.54) is 0 Å². The number of benzene rings is 1. The first kappa shape index (κ1) is 17.2. The molecule has 0 bridgehead atoms. The van der Waals surface area contributed by atoms with E-state index < -0.39 is 0 Å². The second-order valence-corrected chi connectivity index (χ2v) is 7.20. The van der Waals surface area contributed by atoms with Gasteiger partial charge < -0.3 is 16.0 Å². The minimum Gasteiger partial charge on any atom is -0.326 e. The Morgan fingerprint density at radius 2 is 1.50 bits per heavy atom. The van der Waals surface area contributed by atoms with Crippen molar-refractivity contribution in [1.29, 1.82) is 0 Å². The van der Waals surface area contributed by atoms with Gasteiger partial charge in [-0.3, -0.25) is 9.59 Å². The fourth-order valence-electron chi connectivity index (χ4n) is 3.65. The number of halogens is 1. The zero-order valence-electron chi connectivity index (χ0n) is 13.6. The first-order chi connectivity index (χ1) is 11.2. The first-order valence-electron chi connectivity index (χ1n) is 8.59. The summed E-state index contributed by atoms with van der Waals surface area (Å²) < 4.78 is 0. The molecule has 3 aliphatic rings. The summed E-state index contributed by atoms with van der Waals surface area (Å²) in [5.41, 5.74) is 1.85. The molecule has 2 saturated carbocycles. The van der Waals surface area contributed by atoms with Crippen LogP contribution in [0.1, 0.15) is 32.1 Å². The number of carbonyl (C=O) groups excluding carboxylic acids is 2. The van der Waals surface area contributed by atoms with E-state index in [0.29, 0.717) is 0 Å². The molecule has 0 aromatic heterocycles. The van der Waals surface area contributed by atoms with Crippen LogP contribution in [-0.4, -0.2) is 24.9 Å². The monoisotopic (exact) mass is 349 g/mol. The van der Waals surface area contributed by atoms with Gasteiger partial charge in [-0.15, -0.1) is 12.4 Å². The van der Waals surface area contributed by atoms with Gasteiger partial charge in [0.25, 0.3) is 0 Å². The van der Waals surface area contributed by atoms with Crippen LogP contribution >= 0.6 is 12.4 Å². The highest BCUT2D eigenvalue weighted by Gasteiger charge is 2.57. The minimum atomic E-state index is 0. The van der Waals surface area contributed by atoms with E-state index in [2.05, 4.69) is 16.0 Å². The molecule has 0 radical (unpaired) electrons. The third-order valence-electron chi connectivity index (χ3n) is 5.47. The maximum atomic E-state index is 12.4. The van der Waals surface area contributed by atoms with Crippen molar-refractivity contribution in [3.05, 3.63) is 24.3 Å². The Labute approximate surface area is 148 Å². The van der Waals surface area contributed by atoms with E-state index in [0.717, 1.165) is 56.6 Å². The number of rotatable bonds is 4. The van der Waals surface area contributed by atoms with Crippen LogP contribution in [0.5, 0.6) is 0 Å². The molecule has 1 spiro atoms. The largest absolute Gasteiger partial charge is 0.326 e. The molecule has 24 heavy (non-hydrogen) atoms. The maximum Gasteiger partial charge on any atom is 0.228 e. The quantitative estimate of drug-likeness (QED) is 0.782. The summed E-state index contributed by atoms with van der Waals surface area (Å²) in [7, 11) is 0. The van der Waals surface area contributed by atoms with E-state index >= 15 is 0 Å². The molecular formula is C18H24ClN3O2. The number of nitrogens with one attached hydrogen (secondary N) is 3. The second-order valence-electron chi connectivity index (χ2n) is 7.20. The van der Waals surface area contributed by atoms with Crippen molar-refractivity contribution in [3.8, 4) is 0 Å². The van der Waals surface area contributed by atoms with Crippen LogP contribution < -0.4 is 16.0 Å². The van der Waals surface area contributed by atoms with Gasteiger partial charge >= 0.3 is 0 Å². The van der Waals surface area contributed by atoms with Crippen molar-refractivity contribution in [2.75, 3.05) is 23.7 Å². The molecule has 3 N–H and O–H groups in total. The number of amides is 2. The van der Waals surface area contributed by atoms with E-state index in [4.69, 9.17) is 0 Å². The van der Waals surface area contributed by atoms with Crippen molar-refractivity contribution < 1.29 is 9.59 Å². The van der Waals surface area contributed by atoms with Crippen molar-refractivity contribution in [2.24, 2.45) is 17.3 Å².